The highest BCUT2D eigenvalue weighted by Gasteiger charge is 2.16. The summed E-state index contributed by atoms with van der Waals surface area (Å²) in [4.78, 5) is 16.1. The summed E-state index contributed by atoms with van der Waals surface area (Å²) in [6, 6.07) is 0. The molecule has 1 N–H and O–H groups in total. The van der Waals surface area contributed by atoms with E-state index in [4.69, 9.17) is 0 Å². The number of rotatable bonds is 3. The summed E-state index contributed by atoms with van der Waals surface area (Å²) in [6.45, 7) is 3.24. The number of thiazole rings is 1. The Bertz CT molecular complexity index is 603. The Morgan fingerprint density at radius 1 is 1.47 bits per heavy atom. The number of carbonyl (C=O) groups is 1. The molecular formula is C12H15N5OS. The van der Waals surface area contributed by atoms with E-state index in [1.54, 1.807) is 5.38 Å². The van der Waals surface area contributed by atoms with Crippen molar-refractivity contribution in [1.29, 1.82) is 0 Å². The van der Waals surface area contributed by atoms with Crippen molar-refractivity contribution in [2.75, 3.05) is 0 Å². The topological polar surface area (TPSA) is 72.7 Å². The lowest BCUT2D eigenvalue weighted by Gasteiger charge is -2.14. The maximum atomic E-state index is 11.9. The van der Waals surface area contributed by atoms with Crippen LogP contribution in [-0.4, -0.2) is 25.7 Å². The molecule has 0 aromatic carbocycles. The summed E-state index contributed by atoms with van der Waals surface area (Å²) in [5, 5.41) is 13.8. The number of fused-ring (bicyclic) bond motifs is 1. The number of hydrogen-bond donors (Lipinski definition) is 1. The molecule has 1 amide bonds. The van der Waals surface area contributed by atoms with Crippen molar-refractivity contribution in [1.82, 2.24) is 25.1 Å². The fourth-order valence-corrected chi connectivity index (χ4v) is 2.81. The highest BCUT2D eigenvalue weighted by Crippen LogP contribution is 2.14. The molecule has 3 rings (SSSR count). The third-order valence-electron chi connectivity index (χ3n) is 3.19. The fourth-order valence-electron chi connectivity index (χ4n) is 2.22. The number of hydrogen-bond acceptors (Lipinski definition) is 5. The third kappa shape index (κ3) is 2.51. The second-order valence-electron chi connectivity index (χ2n) is 4.58. The van der Waals surface area contributed by atoms with E-state index in [9.17, 15) is 4.79 Å². The fraction of sp³-hybridized carbons (Fsp3) is 0.500. The van der Waals surface area contributed by atoms with Gasteiger partial charge in [0.15, 0.2) is 5.82 Å². The molecule has 1 aliphatic heterocycles. The predicted octanol–water partition coefficient (Wildman–Crippen LogP) is 1.31. The minimum Gasteiger partial charge on any atom is -0.343 e. The van der Waals surface area contributed by atoms with E-state index < -0.39 is 0 Å². The van der Waals surface area contributed by atoms with E-state index in [2.05, 4.69) is 25.1 Å². The summed E-state index contributed by atoms with van der Waals surface area (Å²) in [6.07, 6.45) is 3.30. The maximum absolute atomic E-state index is 11.9. The van der Waals surface area contributed by atoms with Gasteiger partial charge in [0.25, 0.3) is 5.91 Å². The van der Waals surface area contributed by atoms with Gasteiger partial charge in [-0.15, -0.1) is 21.5 Å². The van der Waals surface area contributed by atoms with Gasteiger partial charge in [-0.25, -0.2) is 4.98 Å². The molecule has 0 saturated carbocycles. The minimum absolute atomic E-state index is 0.155. The first-order chi connectivity index (χ1) is 9.24. The zero-order valence-corrected chi connectivity index (χ0v) is 11.5. The third-order valence-corrected chi connectivity index (χ3v) is 3.97. The number of carbonyl (C=O) groups excluding carboxylic acids is 1. The highest BCUT2D eigenvalue weighted by atomic mass is 32.1. The van der Waals surface area contributed by atoms with Crippen molar-refractivity contribution in [3.05, 3.63) is 27.7 Å². The number of aryl methyl sites for hydroxylation is 2. The van der Waals surface area contributed by atoms with Gasteiger partial charge < -0.3 is 9.88 Å². The van der Waals surface area contributed by atoms with Crippen molar-refractivity contribution in [2.45, 2.75) is 39.3 Å². The molecular weight excluding hydrogens is 262 g/mol. The van der Waals surface area contributed by atoms with Crippen LogP contribution in [-0.2, 0) is 19.5 Å². The largest absolute Gasteiger partial charge is 0.343 e. The summed E-state index contributed by atoms with van der Waals surface area (Å²) in [7, 11) is 0. The summed E-state index contributed by atoms with van der Waals surface area (Å²) >= 11 is 1.47. The first-order valence-corrected chi connectivity index (χ1v) is 7.23. The zero-order valence-electron chi connectivity index (χ0n) is 10.7. The van der Waals surface area contributed by atoms with Crippen LogP contribution < -0.4 is 5.32 Å². The molecule has 0 aliphatic carbocycles. The zero-order chi connectivity index (χ0) is 13.2. The predicted molar refractivity (Wildman–Crippen MR) is 71.0 cm³/mol. The molecule has 0 bridgehead atoms. The second-order valence-corrected chi connectivity index (χ2v) is 5.64. The van der Waals surface area contributed by atoms with Gasteiger partial charge in [-0.2, -0.15) is 0 Å². The van der Waals surface area contributed by atoms with Crippen LogP contribution in [0.4, 0.5) is 0 Å². The van der Waals surface area contributed by atoms with Gasteiger partial charge >= 0.3 is 0 Å². The van der Waals surface area contributed by atoms with Crippen molar-refractivity contribution in [3.8, 4) is 0 Å². The van der Waals surface area contributed by atoms with E-state index in [-0.39, 0.29) is 5.91 Å². The van der Waals surface area contributed by atoms with Gasteiger partial charge in [-0.3, -0.25) is 4.79 Å². The van der Waals surface area contributed by atoms with Crippen LogP contribution in [0, 0.1) is 6.92 Å². The van der Waals surface area contributed by atoms with Crippen LogP contribution in [0.25, 0.3) is 0 Å². The quantitative estimate of drug-likeness (QED) is 0.918. The molecule has 3 heterocycles. The van der Waals surface area contributed by atoms with Crippen LogP contribution in [0.3, 0.4) is 0 Å². The van der Waals surface area contributed by atoms with Crippen LogP contribution >= 0.6 is 11.3 Å². The molecule has 100 valence electrons. The first-order valence-electron chi connectivity index (χ1n) is 6.35. The van der Waals surface area contributed by atoms with E-state index >= 15 is 0 Å². The van der Waals surface area contributed by atoms with Crippen molar-refractivity contribution in [2.24, 2.45) is 0 Å². The van der Waals surface area contributed by atoms with Crippen LogP contribution in [0.1, 0.15) is 40.0 Å². The normalized spacial score (nSPS) is 14.2. The molecule has 0 spiro atoms. The monoisotopic (exact) mass is 277 g/mol. The van der Waals surface area contributed by atoms with Crippen LogP contribution in [0.15, 0.2) is 5.38 Å². The van der Waals surface area contributed by atoms with E-state index in [1.807, 2.05) is 6.92 Å². The molecule has 0 atom stereocenters. The lowest BCUT2D eigenvalue weighted by molar-refractivity contribution is 0.0945. The maximum Gasteiger partial charge on any atom is 0.271 e. The summed E-state index contributed by atoms with van der Waals surface area (Å²) in [5.41, 5.74) is 0.473. The van der Waals surface area contributed by atoms with Crippen molar-refractivity contribution in [3.63, 3.8) is 0 Å². The Labute approximate surface area is 114 Å². The van der Waals surface area contributed by atoms with Gasteiger partial charge in [-0.05, 0) is 19.8 Å². The summed E-state index contributed by atoms with van der Waals surface area (Å²) in [5.74, 6) is 1.70. The van der Waals surface area contributed by atoms with Crippen LogP contribution in [0.2, 0.25) is 0 Å². The molecule has 2 aromatic rings. The van der Waals surface area contributed by atoms with Gasteiger partial charge in [0, 0.05) is 18.3 Å². The lowest BCUT2D eigenvalue weighted by Crippen LogP contribution is -2.26. The van der Waals surface area contributed by atoms with Gasteiger partial charge in [-0.1, -0.05) is 0 Å². The minimum atomic E-state index is -0.155. The molecule has 0 unspecified atom stereocenters. The number of nitrogens with zero attached hydrogens (tertiary/aromatic N) is 4. The number of aromatic nitrogens is 4. The number of nitrogens with one attached hydrogen (secondary N) is 1. The second kappa shape index (κ2) is 5.08. The Hall–Kier alpha value is -1.76. The Morgan fingerprint density at radius 2 is 2.37 bits per heavy atom. The van der Waals surface area contributed by atoms with Crippen molar-refractivity contribution < 1.29 is 4.79 Å². The smallest absolute Gasteiger partial charge is 0.271 e. The first kappa shape index (κ1) is 12.3. The highest BCUT2D eigenvalue weighted by molar-refractivity contribution is 7.09. The van der Waals surface area contributed by atoms with E-state index in [0.29, 0.717) is 12.2 Å². The molecule has 19 heavy (non-hydrogen) atoms. The summed E-state index contributed by atoms with van der Waals surface area (Å²) < 4.78 is 2.11. The molecule has 1 aliphatic rings. The number of amides is 1. The Morgan fingerprint density at radius 3 is 3.16 bits per heavy atom. The van der Waals surface area contributed by atoms with Gasteiger partial charge in [0.1, 0.15) is 11.5 Å². The van der Waals surface area contributed by atoms with E-state index in [0.717, 1.165) is 36.0 Å². The standard InChI is InChI=1S/C12H15N5OS/c1-8-14-9(7-19-8)12(18)13-6-11-16-15-10-4-2-3-5-17(10)11/h7H,2-6H2,1H3,(H,13,18). The molecule has 6 nitrogen and oxygen atoms in total. The molecule has 0 fully saturated rings. The Balaban J connectivity index is 1.66. The van der Waals surface area contributed by atoms with Crippen LogP contribution in [0.5, 0.6) is 0 Å². The lowest BCUT2D eigenvalue weighted by atomic mass is 10.2. The van der Waals surface area contributed by atoms with Gasteiger partial charge in [0.2, 0.25) is 0 Å². The molecule has 0 radical (unpaired) electrons. The Kier molecular flexibility index (Phi) is 3.29. The molecule has 7 heteroatoms. The molecule has 2 aromatic heterocycles. The average molecular weight is 277 g/mol. The average Bonchev–Trinajstić information content (AvgIpc) is 3.02. The van der Waals surface area contributed by atoms with Gasteiger partial charge in [0.05, 0.1) is 11.6 Å². The van der Waals surface area contributed by atoms with Crippen molar-refractivity contribution >= 4 is 17.2 Å². The molecule has 0 saturated heterocycles. The SMILES string of the molecule is Cc1nc(C(=O)NCc2nnc3n2CCCC3)cs1. The van der Waals surface area contributed by atoms with E-state index in [1.165, 1.54) is 17.8 Å².